The van der Waals surface area contributed by atoms with Crippen LogP contribution >= 0.6 is 0 Å². The molecule has 2 atom stereocenters. The normalized spacial score (nSPS) is 16.3. The summed E-state index contributed by atoms with van der Waals surface area (Å²) in [5, 5.41) is 9.78. The Labute approximate surface area is 89.9 Å². The molecule has 14 heavy (non-hydrogen) atoms. The van der Waals surface area contributed by atoms with Crippen LogP contribution in [0, 0.1) is 17.8 Å². The van der Waals surface area contributed by atoms with Crippen LogP contribution in [0.1, 0.15) is 60.3 Å². The molecule has 0 aromatic heterocycles. The van der Waals surface area contributed by atoms with Crippen molar-refractivity contribution in [2.75, 3.05) is 0 Å². The summed E-state index contributed by atoms with van der Waals surface area (Å²) in [6.07, 6.45) is 4.29. The standard InChI is InChI=1S/C13H28O/c1-10(2)7-6-8-13(14)9-12(5)11(3)4/h10-14H,6-9H2,1-5H3. The Kier molecular flexibility index (Phi) is 7.26. The van der Waals surface area contributed by atoms with E-state index in [1.54, 1.807) is 0 Å². The number of hydrogen-bond donors (Lipinski definition) is 1. The first-order valence-corrected chi connectivity index (χ1v) is 6.11. The van der Waals surface area contributed by atoms with Crippen molar-refractivity contribution in [3.63, 3.8) is 0 Å². The lowest BCUT2D eigenvalue weighted by Gasteiger charge is -2.19. The maximum atomic E-state index is 9.78. The van der Waals surface area contributed by atoms with Crippen LogP contribution < -0.4 is 0 Å². The number of hydrogen-bond acceptors (Lipinski definition) is 1. The van der Waals surface area contributed by atoms with Crippen LogP contribution in [0.3, 0.4) is 0 Å². The zero-order valence-corrected chi connectivity index (χ0v) is 10.6. The third-order valence-corrected chi connectivity index (χ3v) is 3.10. The van der Waals surface area contributed by atoms with Gasteiger partial charge in [0.1, 0.15) is 0 Å². The molecule has 1 heteroatoms. The summed E-state index contributed by atoms with van der Waals surface area (Å²) in [6, 6.07) is 0. The van der Waals surface area contributed by atoms with Crippen molar-refractivity contribution in [3.8, 4) is 0 Å². The minimum Gasteiger partial charge on any atom is -0.393 e. The molecule has 0 aromatic carbocycles. The van der Waals surface area contributed by atoms with Crippen LogP contribution in [0.5, 0.6) is 0 Å². The Bertz CT molecular complexity index is 129. The Morgan fingerprint density at radius 3 is 1.93 bits per heavy atom. The molecule has 1 N–H and O–H groups in total. The molecule has 0 saturated heterocycles. The predicted molar refractivity (Wildman–Crippen MR) is 63.3 cm³/mol. The first-order valence-electron chi connectivity index (χ1n) is 6.11. The average Bonchev–Trinajstić information content (AvgIpc) is 2.02. The number of aliphatic hydroxyl groups is 1. The van der Waals surface area contributed by atoms with E-state index < -0.39 is 0 Å². The highest BCUT2D eigenvalue weighted by Crippen LogP contribution is 2.19. The van der Waals surface area contributed by atoms with Gasteiger partial charge in [-0.1, -0.05) is 47.5 Å². The molecule has 0 amide bonds. The van der Waals surface area contributed by atoms with Crippen LogP contribution in [-0.4, -0.2) is 11.2 Å². The molecule has 0 radical (unpaired) electrons. The van der Waals surface area contributed by atoms with Crippen LogP contribution in [0.4, 0.5) is 0 Å². The lowest BCUT2D eigenvalue weighted by Crippen LogP contribution is -2.15. The van der Waals surface area contributed by atoms with Crippen LogP contribution in [0.25, 0.3) is 0 Å². The minimum absolute atomic E-state index is 0.0776. The van der Waals surface area contributed by atoms with Gasteiger partial charge in [0.25, 0.3) is 0 Å². The number of aliphatic hydroxyl groups excluding tert-OH is 1. The minimum atomic E-state index is -0.0776. The summed E-state index contributed by atoms with van der Waals surface area (Å²) in [4.78, 5) is 0. The third-order valence-electron chi connectivity index (χ3n) is 3.10. The average molecular weight is 200 g/mol. The van der Waals surface area contributed by atoms with E-state index in [1.165, 1.54) is 12.8 Å². The first kappa shape index (κ1) is 14.0. The number of rotatable bonds is 7. The van der Waals surface area contributed by atoms with E-state index in [-0.39, 0.29) is 6.10 Å². The van der Waals surface area contributed by atoms with Crippen molar-refractivity contribution in [1.29, 1.82) is 0 Å². The Balaban J connectivity index is 3.50. The van der Waals surface area contributed by atoms with Gasteiger partial charge in [-0.2, -0.15) is 0 Å². The Hall–Kier alpha value is -0.0400. The van der Waals surface area contributed by atoms with Crippen LogP contribution in [0.15, 0.2) is 0 Å². The van der Waals surface area contributed by atoms with E-state index in [0.717, 1.165) is 18.8 Å². The Morgan fingerprint density at radius 2 is 1.50 bits per heavy atom. The van der Waals surface area contributed by atoms with Crippen molar-refractivity contribution in [3.05, 3.63) is 0 Å². The molecule has 0 bridgehead atoms. The molecular weight excluding hydrogens is 172 g/mol. The molecule has 0 aliphatic heterocycles. The highest BCUT2D eigenvalue weighted by molar-refractivity contribution is 4.64. The van der Waals surface area contributed by atoms with Gasteiger partial charge in [-0.05, 0) is 30.6 Å². The van der Waals surface area contributed by atoms with Gasteiger partial charge >= 0.3 is 0 Å². The second kappa shape index (κ2) is 7.28. The van der Waals surface area contributed by atoms with E-state index >= 15 is 0 Å². The molecule has 2 unspecified atom stereocenters. The molecular formula is C13H28O. The summed E-state index contributed by atoms with van der Waals surface area (Å²) in [7, 11) is 0. The van der Waals surface area contributed by atoms with Crippen molar-refractivity contribution in [2.45, 2.75) is 66.4 Å². The molecule has 0 aliphatic rings. The van der Waals surface area contributed by atoms with Gasteiger partial charge in [0, 0.05) is 0 Å². The fraction of sp³-hybridized carbons (Fsp3) is 1.00. The molecule has 0 heterocycles. The molecule has 0 rings (SSSR count). The van der Waals surface area contributed by atoms with Gasteiger partial charge in [0.2, 0.25) is 0 Å². The molecule has 86 valence electrons. The van der Waals surface area contributed by atoms with Gasteiger partial charge in [-0.3, -0.25) is 0 Å². The SMILES string of the molecule is CC(C)CCCC(O)CC(C)C(C)C. The van der Waals surface area contributed by atoms with Gasteiger partial charge in [-0.25, -0.2) is 0 Å². The molecule has 0 saturated carbocycles. The van der Waals surface area contributed by atoms with Crippen molar-refractivity contribution >= 4 is 0 Å². The van der Waals surface area contributed by atoms with Crippen molar-refractivity contribution < 1.29 is 5.11 Å². The second-order valence-electron chi connectivity index (χ2n) is 5.44. The molecule has 0 fully saturated rings. The largest absolute Gasteiger partial charge is 0.393 e. The van der Waals surface area contributed by atoms with Gasteiger partial charge in [0.15, 0.2) is 0 Å². The van der Waals surface area contributed by atoms with Gasteiger partial charge in [-0.15, -0.1) is 0 Å². The quantitative estimate of drug-likeness (QED) is 0.661. The molecule has 0 aromatic rings. The Morgan fingerprint density at radius 1 is 0.929 bits per heavy atom. The summed E-state index contributed by atoms with van der Waals surface area (Å²) in [5.41, 5.74) is 0. The third kappa shape index (κ3) is 7.37. The fourth-order valence-corrected chi connectivity index (χ4v) is 1.58. The maximum Gasteiger partial charge on any atom is 0.0542 e. The smallest absolute Gasteiger partial charge is 0.0542 e. The predicted octanol–water partition coefficient (Wildman–Crippen LogP) is 3.86. The fourth-order valence-electron chi connectivity index (χ4n) is 1.58. The van der Waals surface area contributed by atoms with E-state index in [1.807, 2.05) is 0 Å². The van der Waals surface area contributed by atoms with Gasteiger partial charge < -0.3 is 5.11 Å². The van der Waals surface area contributed by atoms with E-state index in [0.29, 0.717) is 11.8 Å². The summed E-state index contributed by atoms with van der Waals surface area (Å²) >= 11 is 0. The lowest BCUT2D eigenvalue weighted by molar-refractivity contribution is 0.121. The van der Waals surface area contributed by atoms with E-state index in [2.05, 4.69) is 34.6 Å². The van der Waals surface area contributed by atoms with E-state index in [9.17, 15) is 5.11 Å². The van der Waals surface area contributed by atoms with Crippen molar-refractivity contribution in [1.82, 2.24) is 0 Å². The molecule has 0 aliphatic carbocycles. The molecule has 1 nitrogen and oxygen atoms in total. The van der Waals surface area contributed by atoms with E-state index in [4.69, 9.17) is 0 Å². The topological polar surface area (TPSA) is 20.2 Å². The lowest BCUT2D eigenvalue weighted by atomic mass is 9.90. The zero-order chi connectivity index (χ0) is 11.1. The monoisotopic (exact) mass is 200 g/mol. The highest BCUT2D eigenvalue weighted by Gasteiger charge is 2.13. The van der Waals surface area contributed by atoms with Crippen LogP contribution in [-0.2, 0) is 0 Å². The highest BCUT2D eigenvalue weighted by atomic mass is 16.3. The molecule has 0 spiro atoms. The zero-order valence-electron chi connectivity index (χ0n) is 10.6. The van der Waals surface area contributed by atoms with Crippen LogP contribution in [0.2, 0.25) is 0 Å². The summed E-state index contributed by atoms with van der Waals surface area (Å²) in [5.74, 6) is 2.10. The van der Waals surface area contributed by atoms with Gasteiger partial charge in [0.05, 0.1) is 6.10 Å². The second-order valence-corrected chi connectivity index (χ2v) is 5.44. The maximum absolute atomic E-state index is 9.78. The summed E-state index contributed by atoms with van der Waals surface area (Å²) < 4.78 is 0. The van der Waals surface area contributed by atoms with Crippen molar-refractivity contribution in [2.24, 2.45) is 17.8 Å². The summed E-state index contributed by atoms with van der Waals surface area (Å²) in [6.45, 7) is 11.2. The first-order chi connectivity index (χ1) is 6.43.